The highest BCUT2D eigenvalue weighted by Crippen LogP contribution is 2.47. The molecular weight excluding hydrogens is 822 g/mol. The molecular formula is C64H54BN3. The topological polar surface area (TPSA) is 13.1 Å². The van der Waals surface area contributed by atoms with Crippen molar-refractivity contribution in [2.45, 2.75) is 66.2 Å². The molecule has 2 aliphatic heterocycles. The van der Waals surface area contributed by atoms with Gasteiger partial charge in [-0.2, -0.15) is 0 Å². The van der Waals surface area contributed by atoms with Gasteiger partial charge in [-0.05, 0) is 139 Å². The van der Waals surface area contributed by atoms with Crippen molar-refractivity contribution in [3.05, 3.63) is 226 Å². The summed E-state index contributed by atoms with van der Waals surface area (Å²) in [6.45, 7) is 18.4. The minimum absolute atomic E-state index is 0.0190. The summed E-state index contributed by atoms with van der Waals surface area (Å²) in [4.78, 5) is 2.54. The molecule has 328 valence electrons. The highest BCUT2D eigenvalue weighted by molar-refractivity contribution is 7.00. The largest absolute Gasteiger partial charge is 0.310 e. The molecule has 68 heavy (non-hydrogen) atoms. The Labute approximate surface area is 400 Å². The maximum absolute atomic E-state index is 2.64. The van der Waals surface area contributed by atoms with Gasteiger partial charge in [-0.3, -0.25) is 0 Å². The highest BCUT2D eigenvalue weighted by Gasteiger charge is 2.43. The predicted octanol–water partition coefficient (Wildman–Crippen LogP) is 14.4. The molecule has 0 unspecified atom stereocenters. The van der Waals surface area contributed by atoms with Crippen molar-refractivity contribution in [1.29, 1.82) is 0 Å². The molecule has 4 heterocycles. The van der Waals surface area contributed by atoms with Gasteiger partial charge in [0.15, 0.2) is 0 Å². The van der Waals surface area contributed by atoms with E-state index >= 15 is 0 Å². The van der Waals surface area contributed by atoms with Crippen molar-refractivity contribution in [1.82, 2.24) is 9.13 Å². The van der Waals surface area contributed by atoms with Gasteiger partial charge in [-0.1, -0.05) is 159 Å². The van der Waals surface area contributed by atoms with E-state index in [0.29, 0.717) is 0 Å². The van der Waals surface area contributed by atoms with Crippen LogP contribution in [0.15, 0.2) is 182 Å². The summed E-state index contributed by atoms with van der Waals surface area (Å²) >= 11 is 0. The van der Waals surface area contributed by atoms with E-state index in [-0.39, 0.29) is 17.5 Å². The van der Waals surface area contributed by atoms with E-state index in [0.717, 1.165) is 17.1 Å². The van der Waals surface area contributed by atoms with E-state index in [1.165, 1.54) is 116 Å². The number of aromatic nitrogens is 2. The SMILES string of the molecule is Cc1ccc2c(c1)c1cc(C)cc3c1n2-c1ccc(N(c2ccc(C(C)(C)c4ccccc4)cc2)c2ccc(C(C)(C)c4ccccc4)cc2)c2c1B3c1cc(C)cc3c4cc(C)ccc4n-2c13. The Kier molecular flexibility index (Phi) is 8.66. The Morgan fingerprint density at radius 3 is 1.31 bits per heavy atom. The zero-order valence-corrected chi connectivity index (χ0v) is 40.2. The third-order valence-corrected chi connectivity index (χ3v) is 15.9. The van der Waals surface area contributed by atoms with Crippen LogP contribution in [0.3, 0.4) is 0 Å². The highest BCUT2D eigenvalue weighted by atomic mass is 15.2. The minimum atomic E-state index is -0.176. The molecule has 2 aromatic heterocycles. The fraction of sp³-hybridized carbons (Fsp3) is 0.156. The summed E-state index contributed by atoms with van der Waals surface area (Å²) < 4.78 is 5.24. The molecule has 2 aliphatic rings. The second kappa shape index (κ2) is 14.5. The van der Waals surface area contributed by atoms with E-state index < -0.39 is 0 Å². The maximum Gasteiger partial charge on any atom is 0.252 e. The van der Waals surface area contributed by atoms with Gasteiger partial charge in [0.1, 0.15) is 0 Å². The number of benzene rings is 9. The number of rotatable bonds is 7. The summed E-state index contributed by atoms with van der Waals surface area (Å²) in [5.74, 6) is 0. The first kappa shape index (κ1) is 40.7. The normalized spacial score (nSPS) is 13.0. The molecule has 0 aliphatic carbocycles. The van der Waals surface area contributed by atoms with E-state index in [4.69, 9.17) is 0 Å². The van der Waals surface area contributed by atoms with Gasteiger partial charge in [0.05, 0.1) is 22.4 Å². The van der Waals surface area contributed by atoms with Crippen molar-refractivity contribution in [3.8, 4) is 11.4 Å². The fourth-order valence-corrected chi connectivity index (χ4v) is 12.3. The van der Waals surface area contributed by atoms with Crippen LogP contribution in [-0.2, 0) is 10.8 Å². The lowest BCUT2D eigenvalue weighted by Crippen LogP contribution is -2.59. The molecule has 0 saturated carbocycles. The van der Waals surface area contributed by atoms with Crippen LogP contribution in [0.1, 0.15) is 72.2 Å². The minimum Gasteiger partial charge on any atom is -0.310 e. The third-order valence-electron chi connectivity index (χ3n) is 15.9. The lowest BCUT2D eigenvalue weighted by atomic mass is 9.34. The molecule has 9 aromatic carbocycles. The zero-order chi connectivity index (χ0) is 46.4. The lowest BCUT2D eigenvalue weighted by molar-refractivity contribution is 0.641. The van der Waals surface area contributed by atoms with Crippen LogP contribution in [0, 0.1) is 27.7 Å². The molecule has 0 N–H and O–H groups in total. The van der Waals surface area contributed by atoms with Crippen LogP contribution in [-0.4, -0.2) is 15.8 Å². The number of hydrogen-bond donors (Lipinski definition) is 0. The molecule has 0 atom stereocenters. The molecule has 0 radical (unpaired) electrons. The molecule has 4 heteroatoms. The van der Waals surface area contributed by atoms with E-state index in [2.05, 4.69) is 251 Å². The van der Waals surface area contributed by atoms with Crippen molar-refractivity contribution < 1.29 is 0 Å². The second-order valence-electron chi connectivity index (χ2n) is 20.9. The number of hydrogen-bond acceptors (Lipinski definition) is 1. The number of aryl methyl sites for hydroxylation is 4. The van der Waals surface area contributed by atoms with E-state index in [1.54, 1.807) is 0 Å². The summed E-state index contributed by atoms with van der Waals surface area (Å²) in [6, 6.07) is 69.4. The van der Waals surface area contributed by atoms with Gasteiger partial charge >= 0.3 is 0 Å². The van der Waals surface area contributed by atoms with Gasteiger partial charge in [0.2, 0.25) is 0 Å². The molecule has 0 amide bonds. The number of fused-ring (bicyclic) bond motifs is 10. The van der Waals surface area contributed by atoms with Gasteiger partial charge in [0.25, 0.3) is 6.71 Å². The van der Waals surface area contributed by atoms with Gasteiger partial charge in [-0.25, -0.2) is 0 Å². The standard InChI is InChI=1S/C64H54BN3/c1-39-19-29-55-49(33-39)51-35-41(3)37-53-60(51)67(55)57-31-32-58(62-59(57)65(53)54-38-42(4)36-52-50-34-40(2)20-30-56(50)68(62)61(52)54)66(47-25-21-45(22-26-47)63(5,6)43-15-11-9-12-16-43)48-27-23-46(24-28-48)64(7,8)44-17-13-10-14-18-44/h9-38H,1-8H3. The molecule has 3 nitrogen and oxygen atoms in total. The molecule has 13 rings (SSSR count). The van der Waals surface area contributed by atoms with Gasteiger partial charge < -0.3 is 14.0 Å². The second-order valence-corrected chi connectivity index (χ2v) is 20.9. The predicted molar refractivity (Wildman–Crippen MR) is 291 cm³/mol. The Bertz CT molecular complexity index is 3780. The quantitative estimate of drug-likeness (QED) is 0.145. The van der Waals surface area contributed by atoms with Crippen LogP contribution in [0.5, 0.6) is 0 Å². The number of nitrogens with zero attached hydrogens (tertiary/aromatic N) is 3. The smallest absolute Gasteiger partial charge is 0.252 e. The average Bonchev–Trinajstić information content (AvgIpc) is 3.84. The molecule has 11 aromatic rings. The first-order chi connectivity index (χ1) is 32.9. The average molecular weight is 876 g/mol. The third kappa shape index (κ3) is 5.73. The van der Waals surface area contributed by atoms with E-state index in [1.807, 2.05) is 0 Å². The first-order valence-corrected chi connectivity index (χ1v) is 24.3. The Hall–Kier alpha value is -7.56. The lowest BCUT2D eigenvalue weighted by Gasteiger charge is -2.38. The maximum atomic E-state index is 2.64. The number of anilines is 3. The molecule has 0 fully saturated rings. The van der Waals surface area contributed by atoms with Gasteiger partial charge in [-0.15, -0.1) is 0 Å². The fourth-order valence-electron chi connectivity index (χ4n) is 12.3. The Balaban J connectivity index is 1.13. The van der Waals surface area contributed by atoms with Crippen molar-refractivity contribution in [3.63, 3.8) is 0 Å². The summed E-state index contributed by atoms with van der Waals surface area (Å²) in [6.07, 6.45) is 0. The van der Waals surface area contributed by atoms with Crippen molar-refractivity contribution >= 4 is 83.8 Å². The Morgan fingerprint density at radius 1 is 0.397 bits per heavy atom. The van der Waals surface area contributed by atoms with Crippen LogP contribution in [0.25, 0.3) is 55.0 Å². The molecule has 0 spiro atoms. The monoisotopic (exact) mass is 875 g/mol. The van der Waals surface area contributed by atoms with Crippen molar-refractivity contribution in [2.75, 3.05) is 4.90 Å². The van der Waals surface area contributed by atoms with Crippen LogP contribution < -0.4 is 21.3 Å². The van der Waals surface area contributed by atoms with E-state index in [9.17, 15) is 0 Å². The molecule has 0 saturated heterocycles. The van der Waals surface area contributed by atoms with Crippen molar-refractivity contribution in [2.24, 2.45) is 0 Å². The summed E-state index contributed by atoms with van der Waals surface area (Å²) in [5.41, 5.74) is 25.1. The Morgan fingerprint density at radius 2 is 0.824 bits per heavy atom. The van der Waals surface area contributed by atoms with Gasteiger partial charge in [0, 0.05) is 60.5 Å². The zero-order valence-electron chi connectivity index (χ0n) is 40.2. The summed E-state index contributed by atoms with van der Waals surface area (Å²) in [7, 11) is 0. The van der Waals surface area contributed by atoms with Crippen LogP contribution in [0.2, 0.25) is 0 Å². The molecule has 0 bridgehead atoms. The first-order valence-electron chi connectivity index (χ1n) is 24.3. The summed E-state index contributed by atoms with van der Waals surface area (Å²) in [5, 5.41) is 5.26. The van der Waals surface area contributed by atoms with Crippen LogP contribution >= 0.6 is 0 Å². The van der Waals surface area contributed by atoms with Crippen LogP contribution in [0.4, 0.5) is 17.1 Å².